The van der Waals surface area contributed by atoms with Crippen LogP contribution in [-0.4, -0.2) is 73.3 Å². The maximum Gasteiger partial charge on any atom is 0.255 e. The Morgan fingerprint density at radius 3 is 2.51 bits per heavy atom. The second kappa shape index (κ2) is 15.7. The first kappa shape index (κ1) is 37.8. The Labute approximate surface area is 325 Å². The van der Waals surface area contributed by atoms with Gasteiger partial charge >= 0.3 is 0 Å². The molecule has 55 heavy (non-hydrogen) atoms. The van der Waals surface area contributed by atoms with E-state index in [2.05, 4.69) is 40.0 Å². The summed E-state index contributed by atoms with van der Waals surface area (Å²) < 4.78 is 1.96. The fourth-order valence-corrected chi connectivity index (χ4v) is 8.53. The molecule has 7 rings (SSSR count). The van der Waals surface area contributed by atoms with E-state index in [1.54, 1.807) is 29.5 Å². The van der Waals surface area contributed by atoms with Crippen LogP contribution in [0.25, 0.3) is 5.00 Å². The molecule has 0 bridgehead atoms. The van der Waals surface area contributed by atoms with Gasteiger partial charge in [-0.15, -0.1) is 21.5 Å². The van der Waals surface area contributed by atoms with Gasteiger partial charge in [0.1, 0.15) is 22.9 Å². The number of anilines is 1. The molecule has 0 radical (unpaired) electrons. The van der Waals surface area contributed by atoms with Crippen molar-refractivity contribution in [3.05, 3.63) is 91.8 Å². The van der Waals surface area contributed by atoms with Crippen LogP contribution in [0, 0.1) is 20.8 Å². The number of unbranched alkanes of at least 4 members (excludes halogenated alkanes) is 1. The average molecular weight is 783 g/mol. The van der Waals surface area contributed by atoms with E-state index in [1.807, 2.05) is 35.8 Å². The molecule has 0 spiro atoms. The number of nitrogens with one attached hydrogen (secondary N) is 3. The third-order valence-corrected chi connectivity index (χ3v) is 11.6. The first-order chi connectivity index (χ1) is 26.4. The van der Waals surface area contributed by atoms with Crippen LogP contribution >= 0.6 is 22.9 Å². The molecule has 2 atom stereocenters. The lowest BCUT2D eigenvalue weighted by atomic mass is 9.99. The lowest BCUT2D eigenvalue weighted by Crippen LogP contribution is -2.52. The first-order valence-corrected chi connectivity index (χ1v) is 19.3. The number of thiophene rings is 1. The van der Waals surface area contributed by atoms with Crippen molar-refractivity contribution in [1.82, 2.24) is 30.3 Å². The number of nitrogens with zero attached hydrogens (tertiary/aromatic N) is 5. The number of imide groups is 1. The van der Waals surface area contributed by atoms with Gasteiger partial charge < -0.3 is 15.5 Å². The number of aromatic nitrogens is 3. The zero-order chi connectivity index (χ0) is 39.0. The highest BCUT2D eigenvalue weighted by Gasteiger charge is 2.40. The number of Topliss-reactive ketones (excluding diaryl/α,β-unsaturated/α-hetero) is 1. The second-order valence-electron chi connectivity index (χ2n) is 13.9. The first-order valence-electron chi connectivity index (χ1n) is 18.1. The van der Waals surface area contributed by atoms with Gasteiger partial charge in [-0.3, -0.25) is 43.6 Å². The molecular formula is C39H39ClN8O6S. The van der Waals surface area contributed by atoms with Gasteiger partial charge in [-0.1, -0.05) is 29.8 Å². The summed E-state index contributed by atoms with van der Waals surface area (Å²) in [6, 6.07) is 11.0. The van der Waals surface area contributed by atoms with Crippen molar-refractivity contribution in [2.75, 3.05) is 11.9 Å². The van der Waals surface area contributed by atoms with E-state index >= 15 is 0 Å². The van der Waals surface area contributed by atoms with E-state index in [1.165, 1.54) is 4.90 Å². The summed E-state index contributed by atoms with van der Waals surface area (Å²) in [4.78, 5) is 83.7. The average Bonchev–Trinajstić information content (AvgIpc) is 3.77. The third-order valence-electron chi connectivity index (χ3n) is 10.2. The minimum Gasteiger partial charge on any atom is -0.349 e. The van der Waals surface area contributed by atoms with Crippen LogP contribution in [0.2, 0.25) is 5.02 Å². The SMILES string of the molecule is Cc1sc2c(c1C)C(c1ccc(Cl)cc1)=N[C@@H](CC(=O)NCC(=O)CCCCC(=O)Nc1cccc3c1CN(C1CCC(=O)NC1=O)C3=O)c1nnc(C)n1-2. The molecule has 0 aliphatic carbocycles. The topological polar surface area (TPSA) is 185 Å². The minimum absolute atomic E-state index is 0.0459. The van der Waals surface area contributed by atoms with Gasteiger partial charge in [0.2, 0.25) is 23.6 Å². The predicted molar refractivity (Wildman–Crippen MR) is 205 cm³/mol. The van der Waals surface area contributed by atoms with Gasteiger partial charge in [0, 0.05) is 63.6 Å². The number of aryl methyl sites for hydroxylation is 2. The van der Waals surface area contributed by atoms with E-state index in [0.29, 0.717) is 46.3 Å². The highest BCUT2D eigenvalue weighted by molar-refractivity contribution is 7.15. The molecule has 3 aliphatic rings. The number of rotatable bonds is 12. The molecule has 3 N–H and O–H groups in total. The van der Waals surface area contributed by atoms with Crippen molar-refractivity contribution in [3.63, 3.8) is 0 Å². The molecule has 1 unspecified atom stereocenters. The number of amides is 5. The summed E-state index contributed by atoms with van der Waals surface area (Å²) in [5, 5.41) is 18.2. The van der Waals surface area contributed by atoms with Crippen LogP contribution < -0.4 is 16.0 Å². The maximum absolute atomic E-state index is 13.3. The summed E-state index contributed by atoms with van der Waals surface area (Å²) in [5.74, 6) is -0.756. The molecule has 4 aromatic rings. The largest absolute Gasteiger partial charge is 0.349 e. The number of piperidine rings is 1. The second-order valence-corrected chi connectivity index (χ2v) is 15.6. The fourth-order valence-electron chi connectivity index (χ4n) is 7.19. The van der Waals surface area contributed by atoms with Gasteiger partial charge in [-0.25, -0.2) is 0 Å². The molecule has 284 valence electrons. The molecule has 2 aromatic heterocycles. The standard InChI is InChI=1S/C39H39ClN8O6S/c1-20-21(2)55-39-34(20)35(23-11-13-24(40)14-12-23)43-29(36-46-45-22(3)48(36)39)17-33(52)41-18-25(49)7-4-5-10-31(50)42-28-9-6-8-26-27(28)19-47(38(26)54)30-15-16-32(51)44-37(30)53/h6,8-9,11-14,29-30H,4-5,7,10,15-19H2,1-3H3,(H,41,52)(H,42,50)(H,44,51,53)/t29-,30?/m0/s1. The molecule has 1 saturated heterocycles. The highest BCUT2D eigenvalue weighted by atomic mass is 35.5. The number of ketones is 1. The third kappa shape index (κ3) is 7.71. The highest BCUT2D eigenvalue weighted by Crippen LogP contribution is 2.40. The number of hydrogen-bond donors (Lipinski definition) is 3. The Bertz CT molecular complexity index is 2280. The monoisotopic (exact) mass is 782 g/mol. The summed E-state index contributed by atoms with van der Waals surface area (Å²) in [5.41, 5.74) is 5.13. The number of carbonyl (C=O) groups excluding carboxylic acids is 6. The lowest BCUT2D eigenvalue weighted by Gasteiger charge is -2.29. The Balaban J connectivity index is 0.915. The van der Waals surface area contributed by atoms with Crippen LogP contribution in [0.3, 0.4) is 0 Å². The van der Waals surface area contributed by atoms with Crippen molar-refractivity contribution in [3.8, 4) is 5.00 Å². The number of carbonyl (C=O) groups is 6. The summed E-state index contributed by atoms with van der Waals surface area (Å²) >= 11 is 7.82. The fraction of sp³-hybridized carbons (Fsp3) is 0.359. The van der Waals surface area contributed by atoms with Gasteiger partial charge in [0.05, 0.1) is 18.7 Å². The van der Waals surface area contributed by atoms with Gasteiger partial charge in [-0.2, -0.15) is 0 Å². The smallest absolute Gasteiger partial charge is 0.255 e. The quantitative estimate of drug-likeness (QED) is 0.135. The molecule has 3 aliphatic heterocycles. The Morgan fingerprint density at radius 2 is 1.75 bits per heavy atom. The van der Waals surface area contributed by atoms with Gasteiger partial charge in [-0.05, 0) is 69.9 Å². The van der Waals surface area contributed by atoms with E-state index in [4.69, 9.17) is 16.6 Å². The zero-order valence-corrected chi connectivity index (χ0v) is 32.1. The number of benzene rings is 2. The summed E-state index contributed by atoms with van der Waals surface area (Å²) in [7, 11) is 0. The van der Waals surface area contributed by atoms with E-state index in [0.717, 1.165) is 32.3 Å². The van der Waals surface area contributed by atoms with Crippen LogP contribution in [-0.2, 0) is 30.5 Å². The molecule has 5 heterocycles. The van der Waals surface area contributed by atoms with Crippen molar-refractivity contribution in [1.29, 1.82) is 0 Å². The van der Waals surface area contributed by atoms with Crippen LogP contribution in [0.5, 0.6) is 0 Å². The predicted octanol–water partition coefficient (Wildman–Crippen LogP) is 4.84. The van der Waals surface area contributed by atoms with Crippen molar-refractivity contribution in [2.24, 2.45) is 4.99 Å². The molecule has 16 heteroatoms. The Kier molecular flexibility index (Phi) is 10.8. The summed E-state index contributed by atoms with van der Waals surface area (Å²) in [6.07, 6.45) is 1.55. The number of fused-ring (bicyclic) bond motifs is 4. The van der Waals surface area contributed by atoms with Crippen LogP contribution in [0.15, 0.2) is 47.5 Å². The van der Waals surface area contributed by atoms with Crippen molar-refractivity contribution < 1.29 is 28.8 Å². The molecule has 1 fully saturated rings. The van der Waals surface area contributed by atoms with Gasteiger partial charge in [0.15, 0.2) is 11.6 Å². The van der Waals surface area contributed by atoms with E-state index in [-0.39, 0.29) is 74.6 Å². The maximum atomic E-state index is 13.3. The molecular weight excluding hydrogens is 744 g/mol. The summed E-state index contributed by atoms with van der Waals surface area (Å²) in [6.45, 7) is 5.97. The van der Waals surface area contributed by atoms with Crippen molar-refractivity contribution in [2.45, 2.75) is 84.3 Å². The van der Waals surface area contributed by atoms with Crippen LogP contribution in [0.4, 0.5) is 5.69 Å². The molecule has 5 amide bonds. The Morgan fingerprint density at radius 1 is 0.982 bits per heavy atom. The zero-order valence-electron chi connectivity index (χ0n) is 30.5. The molecule has 2 aromatic carbocycles. The van der Waals surface area contributed by atoms with Crippen molar-refractivity contribution >= 4 is 69.7 Å². The molecule has 0 saturated carbocycles. The number of aliphatic imine (C=N–C) groups is 1. The Hall–Kier alpha value is -5.54. The molecule has 14 nitrogen and oxygen atoms in total. The normalized spacial score (nSPS) is 17.5. The van der Waals surface area contributed by atoms with E-state index in [9.17, 15) is 28.8 Å². The van der Waals surface area contributed by atoms with Gasteiger partial charge in [0.25, 0.3) is 5.91 Å². The minimum atomic E-state index is -0.754. The lowest BCUT2D eigenvalue weighted by molar-refractivity contribution is -0.137. The number of hydrogen-bond acceptors (Lipinski definition) is 10. The van der Waals surface area contributed by atoms with E-state index < -0.39 is 18.0 Å². The van der Waals surface area contributed by atoms with Crippen LogP contribution in [0.1, 0.15) is 100 Å². The number of halogens is 1.